The van der Waals surface area contributed by atoms with Crippen molar-refractivity contribution in [1.29, 1.82) is 0 Å². The lowest BCUT2D eigenvalue weighted by Crippen LogP contribution is -2.41. The van der Waals surface area contributed by atoms with Crippen LogP contribution in [0.4, 0.5) is 5.69 Å². The molecule has 0 saturated heterocycles. The van der Waals surface area contributed by atoms with E-state index in [1.165, 1.54) is 0 Å². The highest BCUT2D eigenvalue weighted by atomic mass is 16.2. The van der Waals surface area contributed by atoms with Crippen molar-refractivity contribution in [3.05, 3.63) is 29.3 Å². The maximum atomic E-state index is 12.7. The van der Waals surface area contributed by atoms with E-state index in [4.69, 9.17) is 0 Å². The molecule has 22 heavy (non-hydrogen) atoms. The summed E-state index contributed by atoms with van der Waals surface area (Å²) < 4.78 is 0. The van der Waals surface area contributed by atoms with Crippen LogP contribution in [0.5, 0.6) is 0 Å². The standard InChI is InChI=1S/C18H24N2O2/c1-11(2)14-6-4-5-12(3)15(14)20-17(22)18(9-10-18)16(21)19-13-7-8-13/h4-6,11,13H,7-10H2,1-3H3,(H,19,21)(H,20,22). The van der Waals surface area contributed by atoms with Crippen LogP contribution in [0.15, 0.2) is 18.2 Å². The van der Waals surface area contributed by atoms with Gasteiger partial charge in [-0.25, -0.2) is 0 Å². The predicted octanol–water partition coefficient (Wildman–Crippen LogP) is 3.12. The Bertz CT molecular complexity index is 614. The lowest BCUT2D eigenvalue weighted by atomic mass is 9.97. The first-order valence-electron chi connectivity index (χ1n) is 8.16. The number of anilines is 1. The Morgan fingerprint density at radius 2 is 1.86 bits per heavy atom. The van der Waals surface area contributed by atoms with Gasteiger partial charge in [0.05, 0.1) is 0 Å². The zero-order chi connectivity index (χ0) is 15.9. The number of carbonyl (C=O) groups is 2. The fraction of sp³-hybridized carbons (Fsp3) is 0.556. The van der Waals surface area contributed by atoms with Crippen LogP contribution >= 0.6 is 0 Å². The molecule has 2 saturated carbocycles. The van der Waals surface area contributed by atoms with Gasteiger partial charge in [-0.2, -0.15) is 0 Å². The van der Waals surface area contributed by atoms with Crippen LogP contribution in [-0.4, -0.2) is 17.9 Å². The molecule has 4 nitrogen and oxygen atoms in total. The minimum absolute atomic E-state index is 0.0906. The summed E-state index contributed by atoms with van der Waals surface area (Å²) in [5.41, 5.74) is 2.19. The monoisotopic (exact) mass is 300 g/mol. The van der Waals surface area contributed by atoms with Crippen LogP contribution in [0.3, 0.4) is 0 Å². The van der Waals surface area contributed by atoms with Crippen molar-refractivity contribution < 1.29 is 9.59 Å². The van der Waals surface area contributed by atoms with E-state index in [0.29, 0.717) is 24.8 Å². The number of rotatable bonds is 5. The van der Waals surface area contributed by atoms with Crippen LogP contribution < -0.4 is 10.6 Å². The van der Waals surface area contributed by atoms with Crippen molar-refractivity contribution in [1.82, 2.24) is 5.32 Å². The third-order valence-corrected chi connectivity index (χ3v) is 4.70. The highest BCUT2D eigenvalue weighted by Crippen LogP contribution is 2.47. The fourth-order valence-electron chi connectivity index (χ4n) is 2.81. The normalized spacial score (nSPS) is 18.9. The molecule has 1 aromatic carbocycles. The van der Waals surface area contributed by atoms with Crippen molar-refractivity contribution in [2.45, 2.75) is 58.4 Å². The third-order valence-electron chi connectivity index (χ3n) is 4.70. The molecule has 2 fully saturated rings. The average molecular weight is 300 g/mol. The van der Waals surface area contributed by atoms with E-state index in [1.54, 1.807) is 0 Å². The average Bonchev–Trinajstić information content (AvgIpc) is 3.34. The molecule has 0 atom stereocenters. The molecule has 0 unspecified atom stereocenters. The smallest absolute Gasteiger partial charge is 0.240 e. The zero-order valence-corrected chi connectivity index (χ0v) is 13.5. The topological polar surface area (TPSA) is 58.2 Å². The molecule has 2 aliphatic rings. The van der Waals surface area contributed by atoms with E-state index >= 15 is 0 Å². The van der Waals surface area contributed by atoms with Gasteiger partial charge >= 0.3 is 0 Å². The number of carbonyl (C=O) groups excluding carboxylic acids is 2. The third kappa shape index (κ3) is 2.74. The van der Waals surface area contributed by atoms with Gasteiger partial charge in [-0.05, 0) is 49.7 Å². The van der Waals surface area contributed by atoms with Crippen LogP contribution in [0.2, 0.25) is 0 Å². The zero-order valence-electron chi connectivity index (χ0n) is 13.5. The first-order chi connectivity index (χ1) is 10.4. The Morgan fingerprint density at radius 1 is 1.18 bits per heavy atom. The van der Waals surface area contributed by atoms with E-state index in [0.717, 1.165) is 29.7 Å². The molecule has 2 amide bonds. The molecule has 4 heteroatoms. The molecule has 0 spiro atoms. The molecule has 3 rings (SSSR count). The first-order valence-corrected chi connectivity index (χ1v) is 8.16. The quantitative estimate of drug-likeness (QED) is 0.821. The van der Waals surface area contributed by atoms with E-state index in [-0.39, 0.29) is 11.8 Å². The summed E-state index contributed by atoms with van der Waals surface area (Å²) in [5, 5.41) is 6.01. The van der Waals surface area contributed by atoms with Crippen molar-refractivity contribution in [3.8, 4) is 0 Å². The van der Waals surface area contributed by atoms with E-state index in [2.05, 4.69) is 24.5 Å². The van der Waals surface area contributed by atoms with Gasteiger partial charge < -0.3 is 10.6 Å². The van der Waals surface area contributed by atoms with Crippen LogP contribution in [0.1, 0.15) is 56.6 Å². The summed E-state index contributed by atoms with van der Waals surface area (Å²) in [5.74, 6) is 0.0830. The maximum absolute atomic E-state index is 12.7. The van der Waals surface area contributed by atoms with Crippen LogP contribution in [0.25, 0.3) is 0 Å². The lowest BCUT2D eigenvalue weighted by molar-refractivity contribution is -0.134. The molecule has 2 N–H and O–H groups in total. The van der Waals surface area contributed by atoms with Gasteiger partial charge in [-0.1, -0.05) is 32.0 Å². The van der Waals surface area contributed by atoms with E-state index < -0.39 is 5.41 Å². The van der Waals surface area contributed by atoms with E-state index in [9.17, 15) is 9.59 Å². The molecular weight excluding hydrogens is 276 g/mol. The summed E-state index contributed by atoms with van der Waals surface area (Å²) in [6.07, 6.45) is 3.39. The molecule has 0 aromatic heterocycles. The van der Waals surface area contributed by atoms with Gasteiger partial charge in [0.1, 0.15) is 5.41 Å². The van der Waals surface area contributed by atoms with Gasteiger partial charge in [0.2, 0.25) is 11.8 Å². The maximum Gasteiger partial charge on any atom is 0.240 e. The SMILES string of the molecule is Cc1cccc(C(C)C)c1NC(=O)C1(C(=O)NC2CC2)CC1. The summed E-state index contributed by atoms with van der Waals surface area (Å²) in [7, 11) is 0. The minimum atomic E-state index is -0.834. The Balaban J connectivity index is 1.78. The van der Waals surface area contributed by atoms with Crippen LogP contribution in [-0.2, 0) is 9.59 Å². The molecule has 118 valence electrons. The Labute approximate surface area is 131 Å². The largest absolute Gasteiger partial charge is 0.352 e. The van der Waals surface area contributed by atoms with Gasteiger partial charge in [-0.15, -0.1) is 0 Å². The van der Waals surface area contributed by atoms with Gasteiger partial charge in [0.25, 0.3) is 0 Å². The van der Waals surface area contributed by atoms with Crippen LogP contribution in [0, 0.1) is 12.3 Å². The summed E-state index contributed by atoms with van der Waals surface area (Å²) >= 11 is 0. The highest BCUT2D eigenvalue weighted by molar-refractivity contribution is 6.13. The van der Waals surface area contributed by atoms with Crippen molar-refractivity contribution in [2.24, 2.45) is 5.41 Å². The summed E-state index contributed by atoms with van der Waals surface area (Å²) in [6.45, 7) is 6.21. The molecule has 1 aromatic rings. The second-order valence-electron chi connectivity index (χ2n) is 6.98. The highest BCUT2D eigenvalue weighted by Gasteiger charge is 2.57. The van der Waals surface area contributed by atoms with Crippen molar-refractivity contribution in [2.75, 3.05) is 5.32 Å². The second-order valence-corrected chi connectivity index (χ2v) is 6.98. The molecule has 2 aliphatic carbocycles. The van der Waals surface area contributed by atoms with E-state index in [1.807, 2.05) is 25.1 Å². The van der Waals surface area contributed by atoms with Gasteiger partial charge in [0, 0.05) is 11.7 Å². The molecule has 0 radical (unpaired) electrons. The molecule has 0 bridgehead atoms. The first kappa shape index (κ1) is 15.1. The number of para-hydroxylation sites is 1. The number of hydrogen-bond donors (Lipinski definition) is 2. The van der Waals surface area contributed by atoms with Gasteiger partial charge in [0.15, 0.2) is 0 Å². The van der Waals surface area contributed by atoms with Crippen molar-refractivity contribution >= 4 is 17.5 Å². The Kier molecular flexibility index (Phi) is 3.71. The summed E-state index contributed by atoms with van der Waals surface area (Å²) in [4.78, 5) is 25.0. The lowest BCUT2D eigenvalue weighted by Gasteiger charge is -2.20. The van der Waals surface area contributed by atoms with Crippen molar-refractivity contribution in [3.63, 3.8) is 0 Å². The van der Waals surface area contributed by atoms with Gasteiger partial charge in [-0.3, -0.25) is 9.59 Å². The molecule has 0 aliphatic heterocycles. The summed E-state index contributed by atoms with van der Waals surface area (Å²) in [6, 6.07) is 6.33. The Morgan fingerprint density at radius 3 is 2.41 bits per heavy atom. The number of nitrogens with one attached hydrogen (secondary N) is 2. The molecular formula is C18H24N2O2. The second kappa shape index (κ2) is 5.41. The number of amides is 2. The minimum Gasteiger partial charge on any atom is -0.352 e. The number of benzene rings is 1. The Hall–Kier alpha value is -1.84. The fourth-order valence-corrected chi connectivity index (χ4v) is 2.81. The number of hydrogen-bond acceptors (Lipinski definition) is 2. The number of aryl methyl sites for hydroxylation is 1. The molecule has 0 heterocycles. The predicted molar refractivity (Wildman–Crippen MR) is 86.7 cm³/mol.